The Morgan fingerprint density at radius 3 is 1.00 bits per heavy atom. The van der Waals surface area contributed by atoms with Gasteiger partial charge in [0.15, 0.2) is 0 Å². The van der Waals surface area contributed by atoms with E-state index in [0.717, 1.165) is 0 Å². The predicted molar refractivity (Wildman–Crippen MR) is 31.4 cm³/mol. The third-order valence-electron chi connectivity index (χ3n) is 0. The van der Waals surface area contributed by atoms with Crippen molar-refractivity contribution in [3.8, 4) is 0 Å². The standard InChI is InChI=1S/Ca.Cr.Fe.K.Mg.Mn.Na.Ni.Ti.V.6H. The Hall–Kier alpha value is 8.03. The zero-order valence-corrected chi connectivity index (χ0v) is 9.91. The molecule has 0 bridgehead atoms. The molecule has 0 rings (SSSR count). The Morgan fingerprint density at radius 1 is 1.00 bits per heavy atom. The van der Waals surface area contributed by atoms with Crippen molar-refractivity contribution in [3.63, 3.8) is 0 Å². The molecule has 52 valence electrons. The van der Waals surface area contributed by atoms with Crippen LogP contribution in [0.2, 0.25) is 0 Å². The molecule has 0 saturated carbocycles. The summed E-state index contributed by atoms with van der Waals surface area (Å²) in [6, 6.07) is 0. The van der Waals surface area contributed by atoms with Gasteiger partial charge in [-0.3, -0.25) is 0 Å². The topological polar surface area (TPSA) is 0 Å². The van der Waals surface area contributed by atoms with Crippen molar-refractivity contribution in [2.45, 2.75) is 0 Å². The molecule has 0 saturated heterocycles. The van der Waals surface area contributed by atoms with Crippen LogP contribution in [0.15, 0.2) is 0 Å². The number of rotatable bonds is 0. The average molecular weight is 453 g/mol. The molecule has 0 aliphatic rings. The normalized spacial score (nSPS) is 0. The van der Waals surface area contributed by atoms with Crippen LogP contribution in [0.25, 0.3) is 0 Å². The van der Waals surface area contributed by atoms with Crippen molar-refractivity contribution in [2.75, 3.05) is 0 Å². The summed E-state index contributed by atoms with van der Waals surface area (Å²) in [4.78, 5) is 0. The zero-order valence-electron chi connectivity index (χ0n) is 2.40. The summed E-state index contributed by atoms with van der Waals surface area (Å²) in [7, 11) is 0. The van der Waals surface area contributed by atoms with Crippen LogP contribution in [0, 0.1) is 0 Å². The second kappa shape index (κ2) is 67.9. The van der Waals surface area contributed by atoms with Gasteiger partial charge in [-0.25, -0.2) is 0 Å². The molecule has 0 nitrogen and oxygen atoms in total. The van der Waals surface area contributed by atoms with Gasteiger partial charge in [-0.1, -0.05) is 0 Å². The molecule has 10 heavy (non-hydrogen) atoms. The van der Waals surface area contributed by atoms with E-state index in [4.69, 9.17) is 0 Å². The van der Waals surface area contributed by atoms with Crippen molar-refractivity contribution >= 4 is 142 Å². The molecule has 0 fully saturated rings. The van der Waals surface area contributed by atoms with Gasteiger partial charge < -0.3 is 0 Å². The van der Waals surface area contributed by atoms with Crippen molar-refractivity contribution in [2.24, 2.45) is 0 Å². The van der Waals surface area contributed by atoms with Gasteiger partial charge in [-0.05, 0) is 0 Å². The SMILES string of the molecule is [CaH2].[Cr].[Fe].[KH].[MgH2].[Mn].[NaH].[Ni].[Ti].[V]. The second-order valence-corrected chi connectivity index (χ2v) is 0. The number of hydrogen-bond acceptors (Lipinski definition) is 0. The summed E-state index contributed by atoms with van der Waals surface area (Å²) in [6.45, 7) is 0. The third-order valence-corrected chi connectivity index (χ3v) is 0. The maximum Gasteiger partial charge on any atom is 0 e. The van der Waals surface area contributed by atoms with E-state index in [2.05, 4.69) is 0 Å². The number of hydrogen-bond donors (Lipinski definition) is 0. The molecule has 2 radical (unpaired) electrons. The van der Waals surface area contributed by atoms with Gasteiger partial charge >= 0.3 is 142 Å². The zero-order chi connectivity index (χ0) is 0. The van der Waals surface area contributed by atoms with Crippen molar-refractivity contribution in [1.82, 2.24) is 0 Å². The summed E-state index contributed by atoms with van der Waals surface area (Å²) in [5, 5.41) is 0. The summed E-state index contributed by atoms with van der Waals surface area (Å²) in [5.74, 6) is 0. The first-order chi connectivity index (χ1) is 0. The summed E-state index contributed by atoms with van der Waals surface area (Å²) < 4.78 is 0. The Balaban J connectivity index is 0. The maximum absolute atomic E-state index is 0. The van der Waals surface area contributed by atoms with E-state index in [1.807, 2.05) is 0 Å². The summed E-state index contributed by atoms with van der Waals surface area (Å²) in [6.07, 6.45) is 0. The van der Waals surface area contributed by atoms with Gasteiger partial charge in [0.05, 0.1) is 0 Å². The van der Waals surface area contributed by atoms with Gasteiger partial charge in [0.25, 0.3) is 0 Å². The van der Waals surface area contributed by atoms with Crippen LogP contribution in [0.1, 0.15) is 0 Å². The van der Waals surface area contributed by atoms with Crippen LogP contribution in [-0.4, -0.2) is 142 Å². The van der Waals surface area contributed by atoms with Crippen molar-refractivity contribution in [1.29, 1.82) is 0 Å². The maximum atomic E-state index is 0. The third kappa shape index (κ3) is 56.2. The molecular formula is H6CaCrFeKMgMnNaNiTiV. The van der Waals surface area contributed by atoms with Gasteiger partial charge in [0.1, 0.15) is 0 Å². The fraction of sp³-hybridized carbons (Fsp3) is 0. The summed E-state index contributed by atoms with van der Waals surface area (Å²) in [5.41, 5.74) is 0. The van der Waals surface area contributed by atoms with Gasteiger partial charge in [0.2, 0.25) is 0 Å². The Morgan fingerprint density at radius 2 is 1.00 bits per heavy atom. The van der Waals surface area contributed by atoms with Crippen LogP contribution >= 0.6 is 0 Å². The van der Waals surface area contributed by atoms with E-state index in [0.29, 0.717) is 0 Å². The first kappa shape index (κ1) is 81.1. The van der Waals surface area contributed by atoms with E-state index in [9.17, 15) is 0 Å². The minimum atomic E-state index is 0. The average Bonchev–Trinajstić information content (AvgIpc) is 0. The minimum Gasteiger partial charge on any atom is 0 e. The van der Waals surface area contributed by atoms with E-state index in [1.165, 1.54) is 0 Å². The minimum absolute atomic E-state index is 0. The fourth-order valence-electron chi connectivity index (χ4n) is 0. The molecule has 10 heteroatoms. The monoisotopic (exact) mass is 452 g/mol. The molecule has 0 heterocycles. The van der Waals surface area contributed by atoms with Crippen LogP contribution in [0.4, 0.5) is 0 Å². The van der Waals surface area contributed by atoms with Gasteiger partial charge in [0, 0.05) is 108 Å². The largest absolute Gasteiger partial charge is 0 e. The Bertz CT molecular complexity index is 33.2. The van der Waals surface area contributed by atoms with E-state index in [-0.39, 0.29) is 250 Å². The molecule has 0 atom stereocenters. The van der Waals surface area contributed by atoms with E-state index in [1.54, 1.807) is 0 Å². The first-order valence-corrected chi connectivity index (χ1v) is 0. The molecule has 0 aromatic rings. The summed E-state index contributed by atoms with van der Waals surface area (Å²) >= 11 is 0. The Kier molecular flexibility index (Phi) is 551. The van der Waals surface area contributed by atoms with Crippen molar-refractivity contribution < 1.29 is 108 Å². The molecule has 0 unspecified atom stereocenters. The Labute approximate surface area is 242 Å². The van der Waals surface area contributed by atoms with Crippen LogP contribution in [0.3, 0.4) is 0 Å². The van der Waals surface area contributed by atoms with Crippen LogP contribution < -0.4 is 0 Å². The van der Waals surface area contributed by atoms with Gasteiger partial charge in [-0.15, -0.1) is 0 Å². The molecule has 0 aliphatic carbocycles. The fourth-order valence-corrected chi connectivity index (χ4v) is 0. The van der Waals surface area contributed by atoms with E-state index >= 15 is 0 Å². The molecule has 0 aromatic heterocycles. The van der Waals surface area contributed by atoms with Crippen LogP contribution in [0.5, 0.6) is 0 Å². The molecule has 0 aliphatic heterocycles. The second-order valence-electron chi connectivity index (χ2n) is 0. The first-order valence-electron chi connectivity index (χ1n) is 0. The predicted octanol–water partition coefficient (Wildman–Crippen LogP) is -3.14. The van der Waals surface area contributed by atoms with E-state index < -0.39 is 0 Å². The molecule has 0 aromatic carbocycles. The smallest absolute Gasteiger partial charge is 0 e. The molecule has 0 N–H and O–H groups in total. The quantitative estimate of drug-likeness (QED) is 0.341. The van der Waals surface area contributed by atoms with Crippen molar-refractivity contribution in [3.05, 3.63) is 0 Å². The molecule has 0 amide bonds. The van der Waals surface area contributed by atoms with Crippen LogP contribution in [-0.2, 0) is 108 Å². The molecular weight excluding hydrogens is 447 g/mol. The molecule has 0 spiro atoms. The van der Waals surface area contributed by atoms with Gasteiger partial charge in [-0.2, -0.15) is 0 Å².